The number of alkyl halides is 3. The number of nitrogens with two attached hydrogens (primary N) is 1. The molecule has 2 amide bonds. The van der Waals surface area contributed by atoms with Crippen molar-refractivity contribution in [2.75, 3.05) is 5.32 Å². The summed E-state index contributed by atoms with van der Waals surface area (Å²) in [5, 5.41) is 10.9. The van der Waals surface area contributed by atoms with Gasteiger partial charge in [0.1, 0.15) is 21.1 Å². The average molecular weight is 589 g/mol. The third-order valence-corrected chi connectivity index (χ3v) is 6.94. The number of halogens is 4. The van der Waals surface area contributed by atoms with Crippen LogP contribution >= 0.6 is 33.9 Å². The summed E-state index contributed by atoms with van der Waals surface area (Å²) in [5.74, 6) is -1.51. The largest absolute Gasteiger partial charge is 0.433 e. The van der Waals surface area contributed by atoms with Gasteiger partial charge < -0.3 is 11.1 Å². The summed E-state index contributed by atoms with van der Waals surface area (Å²) < 4.78 is 44.3. The van der Waals surface area contributed by atoms with Gasteiger partial charge in [-0.05, 0) is 41.1 Å². The van der Waals surface area contributed by atoms with Gasteiger partial charge in [0, 0.05) is 30.7 Å². The van der Waals surface area contributed by atoms with Gasteiger partial charge in [0.25, 0.3) is 11.8 Å². The minimum atomic E-state index is -4.73. The molecule has 0 atom stereocenters. The zero-order valence-electron chi connectivity index (χ0n) is 17.3. The molecule has 3 N–H and O–H groups in total. The highest BCUT2D eigenvalue weighted by Crippen LogP contribution is 2.44. The maximum atomic E-state index is 13.6. The summed E-state index contributed by atoms with van der Waals surface area (Å²) in [6.07, 6.45) is -1.83. The van der Waals surface area contributed by atoms with Crippen LogP contribution in [0.4, 0.5) is 18.9 Å². The number of nitrogens with one attached hydrogen (secondary N) is 1. The van der Waals surface area contributed by atoms with Gasteiger partial charge in [-0.2, -0.15) is 23.4 Å². The maximum absolute atomic E-state index is 13.6. The highest BCUT2D eigenvalue weighted by Gasteiger charge is 2.35. The number of anilines is 1. The number of pyridine rings is 1. The number of fused-ring (bicyclic) bond motifs is 1. The number of thiophene rings is 1. The second kappa shape index (κ2) is 8.09. The summed E-state index contributed by atoms with van der Waals surface area (Å²) in [6, 6.07) is 0.882. The van der Waals surface area contributed by atoms with Crippen LogP contribution in [0.3, 0.4) is 0 Å². The molecular formula is C19H15F3IN7O2S. The van der Waals surface area contributed by atoms with E-state index in [-0.39, 0.29) is 32.0 Å². The van der Waals surface area contributed by atoms with Gasteiger partial charge in [0.05, 0.1) is 21.7 Å². The Morgan fingerprint density at radius 3 is 2.33 bits per heavy atom. The number of primary amides is 1. The Kier molecular flexibility index (Phi) is 5.68. The Morgan fingerprint density at radius 1 is 1.15 bits per heavy atom. The topological polar surface area (TPSA) is 121 Å². The number of aromatic nitrogens is 5. The van der Waals surface area contributed by atoms with Crippen molar-refractivity contribution in [1.82, 2.24) is 24.5 Å². The van der Waals surface area contributed by atoms with Crippen molar-refractivity contribution in [3.63, 3.8) is 0 Å². The number of hydrogen-bond acceptors (Lipinski definition) is 6. The number of aryl methyl sites for hydroxylation is 2. The van der Waals surface area contributed by atoms with Gasteiger partial charge in [0.15, 0.2) is 0 Å². The molecule has 0 aliphatic rings. The van der Waals surface area contributed by atoms with Gasteiger partial charge in [-0.1, -0.05) is 0 Å². The second-order valence-corrected chi connectivity index (χ2v) is 9.25. The molecule has 0 saturated carbocycles. The quantitative estimate of drug-likeness (QED) is 0.352. The van der Waals surface area contributed by atoms with E-state index in [0.29, 0.717) is 26.2 Å². The summed E-state index contributed by atoms with van der Waals surface area (Å²) in [7, 11) is 3.22. The van der Waals surface area contributed by atoms with Crippen molar-refractivity contribution in [3.8, 4) is 11.1 Å². The molecule has 0 aliphatic carbocycles. The van der Waals surface area contributed by atoms with E-state index in [1.165, 1.54) is 21.8 Å². The summed E-state index contributed by atoms with van der Waals surface area (Å²) >= 11 is 2.61. The summed E-state index contributed by atoms with van der Waals surface area (Å²) in [4.78, 5) is 28.7. The predicted molar refractivity (Wildman–Crippen MR) is 124 cm³/mol. The fourth-order valence-corrected chi connectivity index (χ4v) is 5.08. The van der Waals surface area contributed by atoms with Gasteiger partial charge in [0.2, 0.25) is 0 Å². The third kappa shape index (κ3) is 3.96. The van der Waals surface area contributed by atoms with Crippen LogP contribution in [0.2, 0.25) is 0 Å². The van der Waals surface area contributed by atoms with Crippen molar-refractivity contribution >= 4 is 61.6 Å². The number of nitrogens with zero attached hydrogens (tertiary/aromatic N) is 5. The van der Waals surface area contributed by atoms with Gasteiger partial charge in [-0.25, -0.2) is 4.98 Å². The number of amides is 2. The monoisotopic (exact) mass is 589 g/mol. The van der Waals surface area contributed by atoms with E-state index in [0.717, 1.165) is 6.07 Å². The number of rotatable bonds is 4. The molecule has 4 aromatic heterocycles. The standard InChI is InChI=1S/C19H15F3IN7O2S/c1-7-9(5-25-29(7)2)8-4-11(19(20,21)22)27-18-12(8)13(15(33-18)16(24)31)28-17(32)14-10(23)6-26-30(14)3/h4-6H,1-3H3,(H2,24,31)(H,28,32). The Balaban J connectivity index is 2.03. The molecule has 0 spiro atoms. The summed E-state index contributed by atoms with van der Waals surface area (Å²) in [5.41, 5.74) is 5.69. The van der Waals surface area contributed by atoms with Crippen LogP contribution in [0.5, 0.6) is 0 Å². The molecule has 0 bridgehead atoms. The molecule has 14 heteroatoms. The number of carbonyl (C=O) groups excluding carboxylic acids is 2. The molecule has 33 heavy (non-hydrogen) atoms. The van der Waals surface area contributed by atoms with Crippen molar-refractivity contribution in [3.05, 3.63) is 44.0 Å². The Hall–Kier alpha value is -3.01. The van der Waals surface area contributed by atoms with Crippen LogP contribution in [-0.4, -0.2) is 36.4 Å². The molecular weight excluding hydrogens is 574 g/mol. The van der Waals surface area contributed by atoms with Gasteiger partial charge in [-0.3, -0.25) is 19.0 Å². The van der Waals surface area contributed by atoms with Crippen LogP contribution < -0.4 is 11.1 Å². The van der Waals surface area contributed by atoms with E-state index < -0.39 is 23.7 Å². The Bertz CT molecular complexity index is 1420. The van der Waals surface area contributed by atoms with Crippen molar-refractivity contribution in [1.29, 1.82) is 0 Å². The lowest BCUT2D eigenvalue weighted by Crippen LogP contribution is -2.20. The van der Waals surface area contributed by atoms with Crippen LogP contribution in [0.1, 0.15) is 31.5 Å². The summed E-state index contributed by atoms with van der Waals surface area (Å²) in [6.45, 7) is 1.69. The van der Waals surface area contributed by atoms with Gasteiger partial charge >= 0.3 is 6.18 Å². The molecule has 0 fully saturated rings. The van der Waals surface area contributed by atoms with E-state index >= 15 is 0 Å². The Morgan fingerprint density at radius 2 is 1.82 bits per heavy atom. The normalized spacial score (nSPS) is 11.8. The lowest BCUT2D eigenvalue weighted by molar-refractivity contribution is -0.140. The van der Waals surface area contributed by atoms with E-state index in [4.69, 9.17) is 5.73 Å². The van der Waals surface area contributed by atoms with Crippen LogP contribution in [0.25, 0.3) is 21.3 Å². The first-order valence-electron chi connectivity index (χ1n) is 9.22. The molecule has 172 valence electrons. The average Bonchev–Trinajstić information content (AvgIpc) is 3.37. The highest BCUT2D eigenvalue weighted by atomic mass is 127. The van der Waals surface area contributed by atoms with Gasteiger partial charge in [-0.15, -0.1) is 11.3 Å². The maximum Gasteiger partial charge on any atom is 0.433 e. The van der Waals surface area contributed by atoms with Crippen LogP contribution in [0.15, 0.2) is 18.5 Å². The minimum Gasteiger partial charge on any atom is -0.365 e. The molecule has 0 radical (unpaired) electrons. The smallest absolute Gasteiger partial charge is 0.365 e. The molecule has 9 nitrogen and oxygen atoms in total. The molecule has 0 saturated heterocycles. The van der Waals surface area contributed by atoms with Crippen molar-refractivity contribution < 1.29 is 22.8 Å². The zero-order chi connectivity index (χ0) is 24.2. The molecule has 4 aromatic rings. The number of carbonyl (C=O) groups is 2. The first kappa shape index (κ1) is 23.2. The highest BCUT2D eigenvalue weighted by molar-refractivity contribution is 14.1. The van der Waals surface area contributed by atoms with E-state index in [9.17, 15) is 22.8 Å². The van der Waals surface area contributed by atoms with E-state index in [1.54, 1.807) is 21.0 Å². The molecule has 0 unspecified atom stereocenters. The first-order chi connectivity index (χ1) is 15.4. The zero-order valence-corrected chi connectivity index (χ0v) is 20.3. The molecule has 4 rings (SSSR count). The third-order valence-electron chi connectivity index (χ3n) is 5.05. The van der Waals surface area contributed by atoms with E-state index in [1.807, 2.05) is 22.6 Å². The molecule has 0 aliphatic heterocycles. The van der Waals surface area contributed by atoms with Crippen LogP contribution in [-0.2, 0) is 20.3 Å². The lowest BCUT2D eigenvalue weighted by Gasteiger charge is -2.12. The first-order valence-corrected chi connectivity index (χ1v) is 11.1. The lowest BCUT2D eigenvalue weighted by atomic mass is 10.0. The Labute approximate surface area is 201 Å². The predicted octanol–water partition coefficient (Wildman–Crippen LogP) is 3.71. The van der Waals surface area contributed by atoms with Crippen molar-refractivity contribution in [2.45, 2.75) is 13.1 Å². The van der Waals surface area contributed by atoms with Crippen molar-refractivity contribution in [2.24, 2.45) is 19.8 Å². The molecule has 4 heterocycles. The fourth-order valence-electron chi connectivity index (χ4n) is 3.35. The second-order valence-electron chi connectivity index (χ2n) is 7.09. The molecule has 0 aromatic carbocycles. The van der Waals surface area contributed by atoms with Crippen LogP contribution in [0, 0.1) is 10.5 Å². The van der Waals surface area contributed by atoms with E-state index in [2.05, 4.69) is 20.5 Å². The number of hydrogen-bond donors (Lipinski definition) is 2. The minimum absolute atomic E-state index is 0.0102. The SMILES string of the molecule is Cc1c(-c2cc(C(F)(F)F)nc3sc(C(N)=O)c(NC(=O)c4c(I)cnn4C)c23)cnn1C. The fraction of sp³-hybridized carbons (Fsp3) is 0.211.